The molecule has 0 saturated heterocycles. The highest BCUT2D eigenvalue weighted by Gasteiger charge is 2.27. The van der Waals surface area contributed by atoms with E-state index in [4.69, 9.17) is 9.47 Å². The van der Waals surface area contributed by atoms with Crippen molar-refractivity contribution >= 4 is 6.41 Å². The van der Waals surface area contributed by atoms with Crippen molar-refractivity contribution in [3.05, 3.63) is 23.6 Å². The number of nitrogens with one attached hydrogen (secondary N) is 1. The molecule has 0 fully saturated rings. The smallest absolute Gasteiger partial charge is 0.211 e. The molecule has 2 unspecified atom stereocenters. The Morgan fingerprint density at radius 3 is 2.64 bits per heavy atom. The molecule has 0 aliphatic heterocycles. The average molecular weight is 197 g/mol. The number of carbonyl (C=O) groups is 1. The Hall–Kier alpha value is -1.29. The quantitative estimate of drug-likeness (QED) is 0.678. The van der Waals surface area contributed by atoms with Gasteiger partial charge in [0.25, 0.3) is 0 Å². The average Bonchev–Trinajstić information content (AvgIpc) is 2.21. The van der Waals surface area contributed by atoms with Crippen LogP contribution >= 0.6 is 0 Å². The zero-order valence-electron chi connectivity index (χ0n) is 8.61. The molecule has 1 amide bonds. The molecule has 0 aromatic heterocycles. The summed E-state index contributed by atoms with van der Waals surface area (Å²) in [5, 5.41) is 2.64. The van der Waals surface area contributed by atoms with Crippen molar-refractivity contribution in [3.8, 4) is 0 Å². The molecule has 0 saturated carbocycles. The lowest BCUT2D eigenvalue weighted by Gasteiger charge is -2.28. The van der Waals surface area contributed by atoms with Gasteiger partial charge in [0, 0.05) is 18.7 Å². The van der Waals surface area contributed by atoms with Crippen LogP contribution in [0.4, 0.5) is 0 Å². The lowest BCUT2D eigenvalue weighted by Crippen LogP contribution is -2.32. The second-order valence-electron chi connectivity index (χ2n) is 3.10. The summed E-state index contributed by atoms with van der Waals surface area (Å²) >= 11 is 0. The number of amides is 1. The van der Waals surface area contributed by atoms with Crippen LogP contribution in [0.25, 0.3) is 0 Å². The molecule has 14 heavy (non-hydrogen) atoms. The van der Waals surface area contributed by atoms with E-state index < -0.39 is 0 Å². The molecule has 78 valence electrons. The van der Waals surface area contributed by atoms with Gasteiger partial charge in [-0.25, -0.2) is 0 Å². The van der Waals surface area contributed by atoms with Crippen molar-refractivity contribution in [1.29, 1.82) is 0 Å². The van der Waals surface area contributed by atoms with Gasteiger partial charge in [-0.15, -0.1) is 0 Å². The number of hydrogen-bond acceptors (Lipinski definition) is 3. The van der Waals surface area contributed by atoms with Crippen LogP contribution in [0.15, 0.2) is 23.6 Å². The third-order valence-corrected chi connectivity index (χ3v) is 2.37. The van der Waals surface area contributed by atoms with Gasteiger partial charge in [0.2, 0.25) is 6.41 Å². The van der Waals surface area contributed by atoms with Crippen LogP contribution in [-0.4, -0.2) is 26.7 Å². The third kappa shape index (κ3) is 1.96. The fraction of sp³-hybridized carbons (Fsp3) is 0.500. The Labute approximate surface area is 83.6 Å². The predicted octanol–water partition coefficient (Wildman–Crippen LogP) is 0.811. The van der Waals surface area contributed by atoms with Gasteiger partial charge < -0.3 is 14.8 Å². The van der Waals surface area contributed by atoms with E-state index in [9.17, 15) is 4.79 Å². The summed E-state index contributed by atoms with van der Waals surface area (Å²) in [5.74, 6) is 0.863. The second-order valence-corrected chi connectivity index (χ2v) is 3.10. The minimum Gasteiger partial charge on any atom is -0.498 e. The molecule has 0 radical (unpaired) electrons. The molecule has 2 atom stereocenters. The molecule has 1 rings (SSSR count). The maximum absolute atomic E-state index is 10.3. The summed E-state index contributed by atoms with van der Waals surface area (Å²) in [4.78, 5) is 10.3. The lowest BCUT2D eigenvalue weighted by atomic mass is 9.94. The topological polar surface area (TPSA) is 47.6 Å². The highest BCUT2D eigenvalue weighted by atomic mass is 16.5. The van der Waals surface area contributed by atoms with Crippen molar-refractivity contribution in [2.24, 2.45) is 5.92 Å². The van der Waals surface area contributed by atoms with Gasteiger partial charge >= 0.3 is 0 Å². The molecule has 0 aromatic rings. The van der Waals surface area contributed by atoms with E-state index in [1.165, 1.54) is 0 Å². The van der Waals surface area contributed by atoms with Crippen LogP contribution in [0.1, 0.15) is 6.92 Å². The third-order valence-electron chi connectivity index (χ3n) is 2.37. The zero-order chi connectivity index (χ0) is 10.6. The monoisotopic (exact) mass is 197 g/mol. The summed E-state index contributed by atoms with van der Waals surface area (Å²) < 4.78 is 10.5. The standard InChI is InChI=1S/C10H15NO3/c1-7-8(11-6-12)4-5-9(13-2)10(7)14-3/h4-7,10H,1-3H3,(H,11,12). The number of methoxy groups -OCH3 is 2. The molecule has 1 aliphatic carbocycles. The highest BCUT2D eigenvalue weighted by Crippen LogP contribution is 2.26. The molecule has 0 aromatic carbocycles. The van der Waals surface area contributed by atoms with Crippen LogP contribution in [0.5, 0.6) is 0 Å². The molecule has 4 heteroatoms. The van der Waals surface area contributed by atoms with Crippen LogP contribution in [-0.2, 0) is 14.3 Å². The van der Waals surface area contributed by atoms with E-state index in [-0.39, 0.29) is 12.0 Å². The van der Waals surface area contributed by atoms with Gasteiger partial charge in [-0.3, -0.25) is 4.79 Å². The van der Waals surface area contributed by atoms with E-state index in [0.29, 0.717) is 6.41 Å². The fourth-order valence-electron chi connectivity index (χ4n) is 1.58. The highest BCUT2D eigenvalue weighted by molar-refractivity contribution is 5.51. The van der Waals surface area contributed by atoms with E-state index in [1.807, 2.05) is 13.0 Å². The van der Waals surface area contributed by atoms with Crippen LogP contribution in [0.3, 0.4) is 0 Å². The number of ether oxygens (including phenoxy) is 2. The maximum atomic E-state index is 10.3. The molecule has 4 nitrogen and oxygen atoms in total. The van der Waals surface area contributed by atoms with E-state index in [2.05, 4.69) is 5.32 Å². The number of rotatable bonds is 4. The largest absolute Gasteiger partial charge is 0.498 e. The second kappa shape index (κ2) is 4.81. The summed E-state index contributed by atoms with van der Waals surface area (Å²) in [5.41, 5.74) is 0.840. The first-order valence-corrected chi connectivity index (χ1v) is 4.43. The molecular formula is C10H15NO3. The van der Waals surface area contributed by atoms with Crippen molar-refractivity contribution in [2.75, 3.05) is 14.2 Å². The van der Waals surface area contributed by atoms with Crippen molar-refractivity contribution in [3.63, 3.8) is 0 Å². The summed E-state index contributed by atoms with van der Waals surface area (Å²) in [6.45, 7) is 1.97. The number of hydrogen-bond donors (Lipinski definition) is 1. The van der Waals surface area contributed by atoms with Crippen LogP contribution in [0.2, 0.25) is 0 Å². The lowest BCUT2D eigenvalue weighted by molar-refractivity contribution is -0.109. The normalized spacial score (nSPS) is 26.2. The summed E-state index contributed by atoms with van der Waals surface area (Å²) in [6, 6.07) is 0. The molecule has 1 aliphatic rings. The molecule has 0 heterocycles. The Kier molecular flexibility index (Phi) is 3.71. The molecule has 0 bridgehead atoms. The van der Waals surface area contributed by atoms with Gasteiger partial charge in [0.05, 0.1) is 7.11 Å². The van der Waals surface area contributed by atoms with Crippen LogP contribution < -0.4 is 5.32 Å². The minimum absolute atomic E-state index is 0.0881. The summed E-state index contributed by atoms with van der Waals surface area (Å²) in [7, 11) is 3.23. The van der Waals surface area contributed by atoms with E-state index in [1.54, 1.807) is 20.3 Å². The van der Waals surface area contributed by atoms with E-state index >= 15 is 0 Å². The Morgan fingerprint density at radius 2 is 2.14 bits per heavy atom. The van der Waals surface area contributed by atoms with Gasteiger partial charge in [-0.1, -0.05) is 6.92 Å². The van der Waals surface area contributed by atoms with Crippen molar-refractivity contribution in [1.82, 2.24) is 5.32 Å². The zero-order valence-corrected chi connectivity index (χ0v) is 8.61. The maximum Gasteiger partial charge on any atom is 0.211 e. The predicted molar refractivity (Wildman–Crippen MR) is 52.3 cm³/mol. The van der Waals surface area contributed by atoms with Gasteiger partial charge in [0.1, 0.15) is 11.9 Å². The van der Waals surface area contributed by atoms with Crippen molar-refractivity contribution in [2.45, 2.75) is 13.0 Å². The first-order chi connectivity index (χ1) is 6.74. The first kappa shape index (κ1) is 10.8. The van der Waals surface area contributed by atoms with Crippen LogP contribution in [0, 0.1) is 5.92 Å². The first-order valence-electron chi connectivity index (χ1n) is 4.43. The van der Waals surface area contributed by atoms with Gasteiger partial charge in [-0.2, -0.15) is 0 Å². The Bertz CT molecular complexity index is 271. The van der Waals surface area contributed by atoms with Crippen molar-refractivity contribution < 1.29 is 14.3 Å². The molecular weight excluding hydrogens is 182 g/mol. The molecule has 0 spiro atoms. The van der Waals surface area contributed by atoms with Gasteiger partial charge in [0.15, 0.2) is 0 Å². The SMILES string of the molecule is COC1=CC=C(NC=O)C(C)C1OC. The van der Waals surface area contributed by atoms with E-state index in [0.717, 1.165) is 11.5 Å². The number of allylic oxidation sites excluding steroid dienone is 2. The van der Waals surface area contributed by atoms with Gasteiger partial charge in [-0.05, 0) is 12.2 Å². The Balaban J connectivity index is 2.87. The number of carbonyl (C=O) groups excluding carboxylic acids is 1. The fourth-order valence-corrected chi connectivity index (χ4v) is 1.58. The Morgan fingerprint density at radius 1 is 1.43 bits per heavy atom. The molecule has 1 N–H and O–H groups in total. The summed E-state index contributed by atoms with van der Waals surface area (Å²) in [6.07, 6.45) is 4.17. The minimum atomic E-state index is -0.132.